The molecule has 1 saturated heterocycles. The molecule has 3 rings (SSSR count). The molecular formula is C16H23N5O3. The van der Waals surface area contributed by atoms with Crippen molar-refractivity contribution in [3.8, 4) is 11.5 Å². The van der Waals surface area contributed by atoms with Gasteiger partial charge >= 0.3 is 0 Å². The van der Waals surface area contributed by atoms with Crippen LogP contribution < -0.4 is 25.4 Å². The molecule has 2 heterocycles. The van der Waals surface area contributed by atoms with Crippen molar-refractivity contribution < 1.29 is 14.3 Å². The van der Waals surface area contributed by atoms with E-state index in [-0.39, 0.29) is 5.91 Å². The molecule has 0 aromatic heterocycles. The van der Waals surface area contributed by atoms with E-state index in [2.05, 4.69) is 15.2 Å². The molecule has 0 saturated carbocycles. The summed E-state index contributed by atoms with van der Waals surface area (Å²) in [4.78, 5) is 20.8. The predicted octanol–water partition coefficient (Wildman–Crippen LogP) is -0.0356. The fourth-order valence-corrected chi connectivity index (χ4v) is 3.14. The number of anilines is 1. The van der Waals surface area contributed by atoms with E-state index in [1.807, 2.05) is 0 Å². The van der Waals surface area contributed by atoms with E-state index in [0.717, 1.165) is 26.2 Å². The third-order valence-corrected chi connectivity index (χ3v) is 4.34. The van der Waals surface area contributed by atoms with Gasteiger partial charge in [-0.15, -0.1) is 0 Å². The first-order chi connectivity index (χ1) is 11.6. The lowest BCUT2D eigenvalue weighted by molar-refractivity contribution is -0.117. The van der Waals surface area contributed by atoms with Crippen molar-refractivity contribution in [1.82, 2.24) is 10.2 Å². The van der Waals surface area contributed by atoms with Crippen LogP contribution in [0.4, 0.5) is 5.69 Å². The van der Waals surface area contributed by atoms with Gasteiger partial charge in [-0.25, -0.2) is 4.99 Å². The average Bonchev–Trinajstić information content (AvgIpc) is 2.60. The molecular weight excluding hydrogens is 310 g/mol. The Bertz CT molecular complexity index is 670. The van der Waals surface area contributed by atoms with Gasteiger partial charge in [0.2, 0.25) is 5.91 Å². The second kappa shape index (κ2) is 6.66. The van der Waals surface area contributed by atoms with Crippen molar-refractivity contribution in [3.63, 3.8) is 0 Å². The summed E-state index contributed by atoms with van der Waals surface area (Å²) in [5, 5.41) is 3.30. The fourth-order valence-electron chi connectivity index (χ4n) is 3.14. The number of piperazine rings is 1. The molecule has 130 valence electrons. The Hall–Kier alpha value is -2.32. The maximum atomic E-state index is 12.4. The van der Waals surface area contributed by atoms with Gasteiger partial charge in [-0.1, -0.05) is 0 Å². The van der Waals surface area contributed by atoms with E-state index in [4.69, 9.17) is 15.2 Å². The van der Waals surface area contributed by atoms with Crippen molar-refractivity contribution in [2.75, 3.05) is 45.3 Å². The molecule has 1 unspecified atom stereocenters. The Morgan fingerprint density at radius 1 is 1.25 bits per heavy atom. The van der Waals surface area contributed by atoms with Gasteiger partial charge in [-0.3, -0.25) is 14.6 Å². The van der Waals surface area contributed by atoms with E-state index in [0.29, 0.717) is 28.6 Å². The quantitative estimate of drug-likeness (QED) is 0.807. The smallest absolute Gasteiger partial charge is 0.226 e. The highest BCUT2D eigenvalue weighted by Crippen LogP contribution is 2.38. The van der Waals surface area contributed by atoms with Gasteiger partial charge in [0.15, 0.2) is 17.8 Å². The number of carbonyl (C=O) groups excluding carboxylic acids is 1. The summed E-state index contributed by atoms with van der Waals surface area (Å²) >= 11 is 0. The number of nitrogens with one attached hydrogen (secondary N) is 1. The zero-order valence-electron chi connectivity index (χ0n) is 14.2. The van der Waals surface area contributed by atoms with Crippen LogP contribution in [0.1, 0.15) is 12.5 Å². The van der Waals surface area contributed by atoms with Gasteiger partial charge in [0.25, 0.3) is 0 Å². The molecule has 2 aliphatic heterocycles. The van der Waals surface area contributed by atoms with Crippen LogP contribution in [0.25, 0.3) is 0 Å². The minimum atomic E-state index is -0.435. The number of amides is 1. The molecule has 1 atom stereocenters. The number of hydrogen-bond donors (Lipinski definition) is 2. The highest BCUT2D eigenvalue weighted by atomic mass is 16.5. The predicted molar refractivity (Wildman–Crippen MR) is 91.7 cm³/mol. The SMILES string of the molecule is COc1cc2c(cc1OC)N(C(C)=O)C(N1CCNCC1)N=C2N. The summed E-state index contributed by atoms with van der Waals surface area (Å²) < 4.78 is 10.7. The van der Waals surface area contributed by atoms with E-state index in [9.17, 15) is 4.79 Å². The Morgan fingerprint density at radius 3 is 2.46 bits per heavy atom. The van der Waals surface area contributed by atoms with Gasteiger partial charge < -0.3 is 20.5 Å². The second-order valence-electron chi connectivity index (χ2n) is 5.76. The van der Waals surface area contributed by atoms with Crippen LogP contribution in [0.5, 0.6) is 11.5 Å². The molecule has 24 heavy (non-hydrogen) atoms. The molecule has 0 aliphatic carbocycles. The summed E-state index contributed by atoms with van der Waals surface area (Å²) in [6.45, 7) is 4.85. The number of rotatable bonds is 3. The fraction of sp³-hybridized carbons (Fsp3) is 0.500. The van der Waals surface area contributed by atoms with E-state index < -0.39 is 6.29 Å². The number of nitrogens with zero attached hydrogens (tertiary/aromatic N) is 3. The zero-order chi connectivity index (χ0) is 17.3. The minimum absolute atomic E-state index is 0.0942. The van der Waals surface area contributed by atoms with Crippen LogP contribution in [0.15, 0.2) is 17.1 Å². The number of nitrogens with two attached hydrogens (primary N) is 1. The Labute approximate surface area is 141 Å². The molecule has 3 N–H and O–H groups in total. The normalized spacial score (nSPS) is 21.0. The third kappa shape index (κ3) is 2.78. The molecule has 8 heteroatoms. The lowest BCUT2D eigenvalue weighted by Gasteiger charge is -2.41. The van der Waals surface area contributed by atoms with Gasteiger partial charge in [-0.05, 0) is 6.07 Å². The van der Waals surface area contributed by atoms with Crippen molar-refractivity contribution >= 4 is 17.4 Å². The molecule has 8 nitrogen and oxygen atoms in total. The summed E-state index contributed by atoms with van der Waals surface area (Å²) in [5.41, 5.74) is 7.56. The largest absolute Gasteiger partial charge is 0.493 e. The summed E-state index contributed by atoms with van der Waals surface area (Å²) in [6, 6.07) is 3.54. The monoisotopic (exact) mass is 333 g/mol. The highest BCUT2D eigenvalue weighted by Gasteiger charge is 2.35. The number of carbonyl (C=O) groups is 1. The maximum absolute atomic E-state index is 12.4. The van der Waals surface area contributed by atoms with Crippen LogP contribution in [0, 0.1) is 0 Å². The topological polar surface area (TPSA) is 92.4 Å². The third-order valence-electron chi connectivity index (χ3n) is 4.34. The maximum Gasteiger partial charge on any atom is 0.226 e. The number of amidine groups is 1. The van der Waals surface area contributed by atoms with Crippen molar-refractivity contribution in [1.29, 1.82) is 0 Å². The Balaban J connectivity index is 2.09. The Kier molecular flexibility index (Phi) is 4.59. The number of methoxy groups -OCH3 is 2. The molecule has 1 amide bonds. The molecule has 0 radical (unpaired) electrons. The summed E-state index contributed by atoms with van der Waals surface area (Å²) in [7, 11) is 3.13. The molecule has 1 aromatic carbocycles. The van der Waals surface area contributed by atoms with Crippen molar-refractivity contribution in [3.05, 3.63) is 17.7 Å². The lowest BCUT2D eigenvalue weighted by Crippen LogP contribution is -2.57. The van der Waals surface area contributed by atoms with Gasteiger partial charge in [-0.2, -0.15) is 0 Å². The van der Waals surface area contributed by atoms with Crippen LogP contribution >= 0.6 is 0 Å². The van der Waals surface area contributed by atoms with Gasteiger partial charge in [0.1, 0.15) is 5.84 Å². The van der Waals surface area contributed by atoms with E-state index in [1.54, 1.807) is 31.3 Å². The van der Waals surface area contributed by atoms with Crippen molar-refractivity contribution in [2.45, 2.75) is 13.2 Å². The van der Waals surface area contributed by atoms with Crippen LogP contribution in [0.2, 0.25) is 0 Å². The standard InChI is InChI=1S/C16H23N5O3/c1-10(22)21-12-9-14(24-3)13(23-2)8-11(12)15(17)19-16(21)20-6-4-18-5-7-20/h8-9,16,18H,4-7H2,1-3H3,(H2,17,19). The Morgan fingerprint density at radius 2 is 1.88 bits per heavy atom. The number of hydrogen-bond acceptors (Lipinski definition) is 7. The number of fused-ring (bicyclic) bond motifs is 1. The second-order valence-corrected chi connectivity index (χ2v) is 5.76. The first kappa shape index (κ1) is 16.5. The number of aliphatic imine (C=N–C) groups is 1. The first-order valence-electron chi connectivity index (χ1n) is 7.91. The zero-order valence-corrected chi connectivity index (χ0v) is 14.2. The van der Waals surface area contributed by atoms with Crippen LogP contribution in [-0.4, -0.2) is 63.3 Å². The van der Waals surface area contributed by atoms with Crippen LogP contribution in [-0.2, 0) is 4.79 Å². The van der Waals surface area contributed by atoms with E-state index >= 15 is 0 Å². The van der Waals surface area contributed by atoms with Crippen molar-refractivity contribution in [2.24, 2.45) is 10.7 Å². The molecule has 1 fully saturated rings. The van der Waals surface area contributed by atoms with Crippen LogP contribution in [0.3, 0.4) is 0 Å². The molecule has 0 bridgehead atoms. The number of benzene rings is 1. The highest BCUT2D eigenvalue weighted by molar-refractivity contribution is 6.09. The average molecular weight is 333 g/mol. The molecule has 1 aromatic rings. The lowest BCUT2D eigenvalue weighted by atomic mass is 10.1. The van der Waals surface area contributed by atoms with Gasteiger partial charge in [0.05, 0.1) is 19.9 Å². The molecule has 0 spiro atoms. The summed E-state index contributed by atoms with van der Waals surface area (Å²) in [5.74, 6) is 1.41. The summed E-state index contributed by atoms with van der Waals surface area (Å²) in [6.07, 6.45) is -0.435. The van der Waals surface area contributed by atoms with E-state index in [1.165, 1.54) is 6.92 Å². The first-order valence-corrected chi connectivity index (χ1v) is 7.91. The minimum Gasteiger partial charge on any atom is -0.493 e. The number of ether oxygens (including phenoxy) is 2. The molecule has 2 aliphatic rings. The van der Waals surface area contributed by atoms with Gasteiger partial charge in [0, 0.05) is 44.7 Å².